The van der Waals surface area contributed by atoms with Crippen LogP contribution >= 0.6 is 0 Å². The van der Waals surface area contributed by atoms with Gasteiger partial charge in [0.2, 0.25) is 0 Å². The van der Waals surface area contributed by atoms with Crippen LogP contribution in [0.1, 0.15) is 26.3 Å². The zero-order chi connectivity index (χ0) is 23.0. The normalized spacial score (nSPS) is 15.8. The van der Waals surface area contributed by atoms with Crippen LogP contribution in [0.25, 0.3) is 22.3 Å². The number of aliphatic hydroxyl groups excluding tert-OH is 1. The van der Waals surface area contributed by atoms with Gasteiger partial charge in [0.25, 0.3) is 5.91 Å². The third-order valence-electron chi connectivity index (χ3n) is 5.92. The van der Waals surface area contributed by atoms with E-state index >= 15 is 0 Å². The highest BCUT2D eigenvalue weighted by atomic mass is 16.3. The summed E-state index contributed by atoms with van der Waals surface area (Å²) >= 11 is 0. The Hall–Kier alpha value is -3.19. The largest absolute Gasteiger partial charge is 0.507 e. The van der Waals surface area contributed by atoms with Crippen molar-refractivity contribution in [3.8, 4) is 17.1 Å². The number of anilines is 1. The predicted octanol–water partition coefficient (Wildman–Crippen LogP) is 3.37. The van der Waals surface area contributed by atoms with Crippen molar-refractivity contribution in [2.45, 2.75) is 33.8 Å². The molecular formula is C25H30N4O3. The summed E-state index contributed by atoms with van der Waals surface area (Å²) in [5, 5.41) is 21.7. The maximum Gasteiger partial charge on any atom is 0.252 e. The number of hydrogen-bond donors (Lipinski definition) is 2. The number of piperazine rings is 1. The summed E-state index contributed by atoms with van der Waals surface area (Å²) in [6.45, 7) is 9.84. The minimum atomic E-state index is -1.02. The number of aliphatic hydroxyl groups is 1. The second kappa shape index (κ2) is 8.39. The molecule has 4 rings (SSSR count). The van der Waals surface area contributed by atoms with Crippen molar-refractivity contribution in [2.75, 3.05) is 31.1 Å². The highest BCUT2D eigenvalue weighted by Gasteiger charge is 2.34. The number of hydrogen-bond acceptors (Lipinski definition) is 6. The fourth-order valence-corrected chi connectivity index (χ4v) is 3.93. The number of aromatic nitrogens is 2. The van der Waals surface area contributed by atoms with E-state index in [2.05, 4.69) is 11.0 Å². The minimum Gasteiger partial charge on any atom is -0.507 e. The zero-order valence-electron chi connectivity index (χ0n) is 19.0. The molecule has 2 N–H and O–H groups in total. The molecular weight excluding hydrogens is 404 g/mol. The summed E-state index contributed by atoms with van der Waals surface area (Å²) in [6.07, 6.45) is -1.02. The second-order valence-electron chi connectivity index (χ2n) is 9.49. The van der Waals surface area contributed by atoms with Crippen LogP contribution in [0, 0.1) is 12.3 Å². The number of aryl methyl sites for hydroxylation is 1. The van der Waals surface area contributed by atoms with Gasteiger partial charge in [0.15, 0.2) is 5.82 Å². The molecule has 0 bridgehead atoms. The number of amides is 1. The molecule has 32 heavy (non-hydrogen) atoms. The Morgan fingerprint density at radius 1 is 1.03 bits per heavy atom. The molecule has 2 aromatic carbocycles. The summed E-state index contributed by atoms with van der Waals surface area (Å²) in [5.41, 5.74) is 2.00. The first-order valence-electron chi connectivity index (χ1n) is 10.9. The van der Waals surface area contributed by atoms with Crippen molar-refractivity contribution in [2.24, 2.45) is 5.41 Å². The molecule has 7 nitrogen and oxygen atoms in total. The summed E-state index contributed by atoms with van der Waals surface area (Å²) in [5.74, 6) is 1.17. The predicted molar refractivity (Wildman–Crippen MR) is 126 cm³/mol. The lowest BCUT2D eigenvalue weighted by atomic mass is 9.88. The standard InChI is InChI=1S/C25H30N4O3/c1-16-9-10-19-18(15-16)23(27-22(26-19)17-7-5-6-8-20(17)30)28-11-13-29(14-12-28)24(32)21(31)25(2,3)4/h5-10,15,21,30-31H,11-14H2,1-4H3/t21-/m1/s1. The Morgan fingerprint density at radius 3 is 2.38 bits per heavy atom. The molecule has 1 aliphatic heterocycles. The molecule has 1 aromatic heterocycles. The van der Waals surface area contributed by atoms with E-state index in [1.54, 1.807) is 23.1 Å². The first-order valence-corrected chi connectivity index (χ1v) is 10.9. The molecule has 168 valence electrons. The quantitative estimate of drug-likeness (QED) is 0.657. The number of phenols is 1. The van der Waals surface area contributed by atoms with Crippen LogP contribution in [-0.4, -0.2) is 63.3 Å². The van der Waals surface area contributed by atoms with Gasteiger partial charge >= 0.3 is 0 Å². The summed E-state index contributed by atoms with van der Waals surface area (Å²) in [7, 11) is 0. The number of fused-ring (bicyclic) bond motifs is 1. The number of phenolic OH excluding ortho intramolecular Hbond substituents is 1. The van der Waals surface area contributed by atoms with Crippen molar-refractivity contribution in [3.63, 3.8) is 0 Å². The number of benzene rings is 2. The van der Waals surface area contributed by atoms with Crippen LogP contribution < -0.4 is 4.90 Å². The van der Waals surface area contributed by atoms with Crippen molar-refractivity contribution in [1.29, 1.82) is 0 Å². The van der Waals surface area contributed by atoms with Crippen molar-refractivity contribution in [1.82, 2.24) is 14.9 Å². The fraction of sp³-hybridized carbons (Fsp3) is 0.400. The average molecular weight is 435 g/mol. The minimum absolute atomic E-state index is 0.136. The van der Waals surface area contributed by atoms with E-state index in [1.165, 1.54) is 0 Å². The van der Waals surface area contributed by atoms with Crippen LogP contribution in [0.15, 0.2) is 42.5 Å². The van der Waals surface area contributed by atoms with E-state index in [-0.39, 0.29) is 11.7 Å². The molecule has 7 heteroatoms. The van der Waals surface area contributed by atoms with E-state index in [1.807, 2.05) is 45.9 Å². The Kier molecular flexibility index (Phi) is 5.77. The van der Waals surface area contributed by atoms with Crippen molar-refractivity contribution >= 4 is 22.6 Å². The molecule has 0 radical (unpaired) electrons. The molecule has 1 saturated heterocycles. The first-order chi connectivity index (χ1) is 15.1. The number of rotatable bonds is 3. The van der Waals surface area contributed by atoms with Crippen molar-refractivity contribution < 1.29 is 15.0 Å². The lowest BCUT2D eigenvalue weighted by Gasteiger charge is -2.38. The molecule has 1 amide bonds. The van der Waals surface area contributed by atoms with Crippen LogP contribution in [-0.2, 0) is 4.79 Å². The Bertz CT molecular complexity index is 1150. The van der Waals surface area contributed by atoms with Crippen molar-refractivity contribution in [3.05, 3.63) is 48.0 Å². The Labute approximate surface area is 188 Å². The third-order valence-corrected chi connectivity index (χ3v) is 5.92. The SMILES string of the molecule is Cc1ccc2nc(-c3ccccc3O)nc(N3CCN(C(=O)[C@@H](O)C(C)(C)C)CC3)c2c1. The Morgan fingerprint density at radius 2 is 1.72 bits per heavy atom. The molecule has 3 aromatic rings. The summed E-state index contributed by atoms with van der Waals surface area (Å²) in [4.78, 5) is 26.1. The van der Waals surface area contributed by atoms with Crippen LogP contribution in [0.4, 0.5) is 5.82 Å². The van der Waals surface area contributed by atoms with Gasteiger partial charge in [-0.25, -0.2) is 9.97 Å². The molecule has 0 spiro atoms. The maximum atomic E-state index is 12.7. The summed E-state index contributed by atoms with van der Waals surface area (Å²) < 4.78 is 0. The molecule has 2 heterocycles. The number of para-hydroxylation sites is 1. The maximum absolute atomic E-state index is 12.7. The van der Waals surface area contributed by atoms with Gasteiger partial charge in [-0.3, -0.25) is 4.79 Å². The summed E-state index contributed by atoms with van der Waals surface area (Å²) in [6, 6.07) is 13.1. The lowest BCUT2D eigenvalue weighted by Crippen LogP contribution is -2.53. The molecule has 1 fully saturated rings. The third kappa shape index (κ3) is 4.25. The van der Waals surface area contributed by atoms with Gasteiger partial charge in [-0.15, -0.1) is 0 Å². The number of nitrogens with zero attached hydrogens (tertiary/aromatic N) is 4. The van der Waals surface area contributed by atoms with E-state index in [0.717, 1.165) is 22.3 Å². The highest BCUT2D eigenvalue weighted by Crippen LogP contribution is 2.32. The molecule has 1 atom stereocenters. The number of carbonyl (C=O) groups is 1. The Balaban J connectivity index is 1.66. The van der Waals surface area contributed by atoms with E-state index in [9.17, 15) is 15.0 Å². The number of carbonyl (C=O) groups excluding carboxylic acids is 1. The fourth-order valence-electron chi connectivity index (χ4n) is 3.93. The highest BCUT2D eigenvalue weighted by molar-refractivity contribution is 5.92. The molecule has 0 aliphatic carbocycles. The van der Waals surface area contributed by atoms with Crippen LogP contribution in [0.5, 0.6) is 5.75 Å². The molecule has 0 saturated carbocycles. The van der Waals surface area contributed by atoms with Gasteiger partial charge in [-0.2, -0.15) is 0 Å². The first kappa shape index (κ1) is 22.0. The lowest BCUT2D eigenvalue weighted by molar-refractivity contribution is -0.146. The van der Waals surface area contributed by atoms with Gasteiger partial charge in [-0.1, -0.05) is 44.5 Å². The van der Waals surface area contributed by atoms with Gasteiger partial charge in [0, 0.05) is 31.6 Å². The average Bonchev–Trinajstić information content (AvgIpc) is 2.77. The van der Waals surface area contributed by atoms with Gasteiger partial charge in [-0.05, 0) is 36.6 Å². The topological polar surface area (TPSA) is 89.8 Å². The molecule has 1 aliphatic rings. The van der Waals surface area contributed by atoms with Gasteiger partial charge in [0.1, 0.15) is 17.7 Å². The van der Waals surface area contributed by atoms with E-state index in [0.29, 0.717) is 37.6 Å². The molecule has 0 unspecified atom stereocenters. The van der Waals surface area contributed by atoms with E-state index in [4.69, 9.17) is 9.97 Å². The smallest absolute Gasteiger partial charge is 0.252 e. The van der Waals surface area contributed by atoms with E-state index < -0.39 is 11.5 Å². The van der Waals surface area contributed by atoms with Crippen LogP contribution in [0.3, 0.4) is 0 Å². The zero-order valence-corrected chi connectivity index (χ0v) is 19.0. The van der Waals surface area contributed by atoms with Gasteiger partial charge < -0.3 is 20.0 Å². The van der Waals surface area contributed by atoms with Crippen LogP contribution in [0.2, 0.25) is 0 Å². The number of aromatic hydroxyl groups is 1. The monoisotopic (exact) mass is 434 g/mol. The van der Waals surface area contributed by atoms with Gasteiger partial charge in [0.05, 0.1) is 11.1 Å². The second-order valence-corrected chi connectivity index (χ2v) is 9.49.